The Morgan fingerprint density at radius 1 is 1.28 bits per heavy atom. The number of nitro groups is 1. The number of benzene rings is 1. The van der Waals surface area contributed by atoms with Crippen molar-refractivity contribution >= 4 is 14.0 Å². The van der Waals surface area contributed by atoms with E-state index >= 15 is 0 Å². The van der Waals surface area contributed by atoms with Crippen LogP contribution in [0.25, 0.3) is 0 Å². The minimum Gasteiger partial charge on any atom is -0.411 e. The van der Waals surface area contributed by atoms with E-state index in [2.05, 4.69) is 38.8 Å². The van der Waals surface area contributed by atoms with E-state index in [0.29, 0.717) is 12.0 Å². The van der Waals surface area contributed by atoms with E-state index in [1.54, 1.807) is 25.1 Å². The summed E-state index contributed by atoms with van der Waals surface area (Å²) in [4.78, 5) is 38.4. The van der Waals surface area contributed by atoms with Gasteiger partial charge in [0.25, 0.3) is 11.2 Å². The first-order valence-electron chi connectivity index (χ1n) is 12.3. The Morgan fingerprint density at radius 3 is 2.56 bits per heavy atom. The number of nitro benzene ring substituents is 1. The molecule has 1 N–H and O–H groups in total. The fraction of sp³-hybridized carbons (Fsp3) is 0.600. The molecule has 2 heterocycles. The van der Waals surface area contributed by atoms with Crippen LogP contribution in [-0.2, 0) is 20.5 Å². The normalized spacial score (nSPS) is 21.5. The highest BCUT2D eigenvalue weighted by molar-refractivity contribution is 6.74. The Kier molecular flexibility index (Phi) is 8.39. The second-order valence-electron chi connectivity index (χ2n) is 10.8. The number of hydrogen-bond acceptors (Lipinski definition) is 7. The second kappa shape index (κ2) is 10.8. The fourth-order valence-corrected chi connectivity index (χ4v) is 5.42. The van der Waals surface area contributed by atoms with Gasteiger partial charge in [-0.3, -0.25) is 24.5 Å². The van der Waals surface area contributed by atoms with Crippen LogP contribution in [0.15, 0.2) is 40.1 Å². The van der Waals surface area contributed by atoms with Gasteiger partial charge in [0.15, 0.2) is 8.32 Å². The van der Waals surface area contributed by atoms with E-state index in [-0.39, 0.29) is 35.1 Å². The molecule has 0 amide bonds. The number of nitrogens with one attached hydrogen (secondary N) is 1. The van der Waals surface area contributed by atoms with Gasteiger partial charge in [0.2, 0.25) is 0 Å². The lowest BCUT2D eigenvalue weighted by molar-refractivity contribution is -0.386. The summed E-state index contributed by atoms with van der Waals surface area (Å²) in [5.41, 5.74) is -0.553. The Balaban J connectivity index is 1.80. The van der Waals surface area contributed by atoms with Crippen LogP contribution in [-0.4, -0.2) is 35.0 Å². The molecule has 0 saturated carbocycles. The molecule has 10 nitrogen and oxygen atoms in total. The molecule has 0 spiro atoms. The summed E-state index contributed by atoms with van der Waals surface area (Å²) in [6.07, 6.45) is 1.14. The fourth-order valence-electron chi connectivity index (χ4n) is 4.06. The number of para-hydroxylation sites is 1. The number of H-pyrrole nitrogens is 1. The van der Waals surface area contributed by atoms with Gasteiger partial charge in [0.05, 0.1) is 41.0 Å². The summed E-state index contributed by atoms with van der Waals surface area (Å²) in [7, 11) is -2.06. The first-order valence-corrected chi connectivity index (χ1v) is 15.2. The van der Waals surface area contributed by atoms with Gasteiger partial charge >= 0.3 is 5.69 Å². The maximum absolute atomic E-state index is 12.7. The van der Waals surface area contributed by atoms with Crippen LogP contribution < -0.4 is 11.2 Å². The van der Waals surface area contributed by atoms with Crippen molar-refractivity contribution in [3.8, 4) is 0 Å². The molecule has 2 unspecified atom stereocenters. The van der Waals surface area contributed by atoms with Gasteiger partial charge in [0.1, 0.15) is 6.23 Å². The summed E-state index contributed by atoms with van der Waals surface area (Å²) in [5.74, 6) is 0. The molecule has 11 heteroatoms. The molecule has 198 valence electrons. The van der Waals surface area contributed by atoms with Crippen LogP contribution in [0.2, 0.25) is 18.1 Å². The van der Waals surface area contributed by atoms with E-state index in [1.165, 1.54) is 16.8 Å². The third kappa shape index (κ3) is 6.02. The molecule has 1 aromatic heterocycles. The standard InChI is InChI=1S/C25H37N3O7Si/c1-8-20-21(35-36(6,7)25(3,4)5)13-22(34-20)27-14-17(23(29)26-24(27)30)15-33-16(2)18-11-9-10-12-19(18)28(31)32/h9-12,14,16,20-22H,8,13,15H2,1-7H3,(H,26,29,30)/t16?,20-,21?,22-/m1/s1. The van der Waals surface area contributed by atoms with Gasteiger partial charge in [-0.05, 0) is 37.5 Å². The average molecular weight is 520 g/mol. The van der Waals surface area contributed by atoms with Gasteiger partial charge in [0, 0.05) is 18.7 Å². The predicted octanol–water partition coefficient (Wildman–Crippen LogP) is 4.81. The maximum Gasteiger partial charge on any atom is 0.330 e. The molecule has 0 radical (unpaired) electrons. The largest absolute Gasteiger partial charge is 0.411 e. The summed E-state index contributed by atoms with van der Waals surface area (Å²) in [5, 5.41) is 11.4. The van der Waals surface area contributed by atoms with Crippen LogP contribution in [0.5, 0.6) is 0 Å². The molecule has 1 fully saturated rings. The van der Waals surface area contributed by atoms with Crippen LogP contribution >= 0.6 is 0 Å². The van der Waals surface area contributed by atoms with Gasteiger partial charge < -0.3 is 13.9 Å². The lowest BCUT2D eigenvalue weighted by atomic mass is 10.1. The number of ether oxygens (including phenoxy) is 2. The van der Waals surface area contributed by atoms with Crippen molar-refractivity contribution in [2.45, 2.75) is 96.7 Å². The minimum absolute atomic E-state index is 0.0349. The molecule has 1 aromatic carbocycles. The monoisotopic (exact) mass is 519 g/mol. The average Bonchev–Trinajstić information content (AvgIpc) is 3.19. The molecule has 0 aliphatic carbocycles. The van der Waals surface area contributed by atoms with Crippen molar-refractivity contribution in [2.24, 2.45) is 0 Å². The van der Waals surface area contributed by atoms with E-state index in [4.69, 9.17) is 13.9 Å². The van der Waals surface area contributed by atoms with Crippen molar-refractivity contribution in [3.63, 3.8) is 0 Å². The third-order valence-corrected chi connectivity index (χ3v) is 11.8. The SMILES string of the molecule is CC[C@H]1O[C@@H](n2cc(COC(C)c3ccccc3[N+](=O)[O-])c(=O)[nH]c2=O)CC1O[Si](C)(C)C(C)(C)C. The summed E-state index contributed by atoms with van der Waals surface area (Å²) in [6.45, 7) is 14.5. The molecule has 2 aromatic rings. The summed E-state index contributed by atoms with van der Waals surface area (Å²) in [6, 6.07) is 6.31. The van der Waals surface area contributed by atoms with E-state index in [0.717, 1.165) is 6.42 Å². The van der Waals surface area contributed by atoms with Gasteiger partial charge in [-0.25, -0.2) is 4.79 Å². The van der Waals surface area contributed by atoms with Crippen LogP contribution in [0.3, 0.4) is 0 Å². The van der Waals surface area contributed by atoms with Crippen molar-refractivity contribution in [1.29, 1.82) is 0 Å². The highest BCUT2D eigenvalue weighted by Gasteiger charge is 2.44. The van der Waals surface area contributed by atoms with Crippen molar-refractivity contribution in [2.75, 3.05) is 0 Å². The second-order valence-corrected chi connectivity index (χ2v) is 15.5. The molecule has 4 atom stereocenters. The molecule has 0 bridgehead atoms. The molecule has 1 saturated heterocycles. The number of aromatic nitrogens is 2. The zero-order chi connectivity index (χ0) is 26.8. The third-order valence-electron chi connectivity index (χ3n) is 7.25. The smallest absolute Gasteiger partial charge is 0.330 e. The van der Waals surface area contributed by atoms with Crippen molar-refractivity contribution < 1.29 is 18.8 Å². The van der Waals surface area contributed by atoms with Crippen LogP contribution in [0, 0.1) is 10.1 Å². The highest BCUT2D eigenvalue weighted by atomic mass is 28.4. The maximum atomic E-state index is 12.7. The Hall–Kier alpha value is -2.60. The van der Waals surface area contributed by atoms with Crippen molar-refractivity contribution in [3.05, 3.63) is 72.5 Å². The molecule has 3 rings (SSSR count). The molecule has 1 aliphatic heterocycles. The number of nitrogens with zero attached hydrogens (tertiary/aromatic N) is 2. The topological polar surface area (TPSA) is 126 Å². The Morgan fingerprint density at radius 2 is 1.94 bits per heavy atom. The molecular weight excluding hydrogens is 482 g/mol. The Labute approximate surface area is 211 Å². The van der Waals surface area contributed by atoms with E-state index < -0.39 is 36.8 Å². The highest BCUT2D eigenvalue weighted by Crippen LogP contribution is 2.41. The quantitative estimate of drug-likeness (QED) is 0.286. The zero-order valence-electron chi connectivity index (χ0n) is 22.1. The first-order chi connectivity index (χ1) is 16.7. The van der Waals surface area contributed by atoms with Crippen LogP contribution in [0.1, 0.15) is 70.9 Å². The molecule has 1 aliphatic rings. The summed E-state index contributed by atoms with van der Waals surface area (Å²) < 4.78 is 20.0. The number of rotatable bonds is 9. The minimum atomic E-state index is -2.06. The first kappa shape index (κ1) is 28.0. The predicted molar refractivity (Wildman–Crippen MR) is 139 cm³/mol. The van der Waals surface area contributed by atoms with E-state index in [9.17, 15) is 19.7 Å². The zero-order valence-corrected chi connectivity index (χ0v) is 23.1. The van der Waals surface area contributed by atoms with Crippen molar-refractivity contribution in [1.82, 2.24) is 9.55 Å². The lowest BCUT2D eigenvalue weighted by Crippen LogP contribution is -2.45. The number of hydrogen-bond donors (Lipinski definition) is 1. The van der Waals surface area contributed by atoms with Crippen LogP contribution in [0.4, 0.5) is 5.69 Å². The molecular formula is C25H37N3O7Si. The number of aromatic amines is 1. The molecule has 36 heavy (non-hydrogen) atoms. The lowest BCUT2D eigenvalue weighted by Gasteiger charge is -2.39. The Bertz CT molecular complexity index is 1200. The van der Waals surface area contributed by atoms with Gasteiger partial charge in [-0.2, -0.15) is 0 Å². The summed E-state index contributed by atoms with van der Waals surface area (Å²) >= 11 is 0. The van der Waals surface area contributed by atoms with Gasteiger partial charge in [-0.1, -0.05) is 39.8 Å². The van der Waals surface area contributed by atoms with Gasteiger partial charge in [-0.15, -0.1) is 0 Å². The van der Waals surface area contributed by atoms with E-state index in [1.807, 2.05) is 6.92 Å².